The molecule has 1 aliphatic heterocycles. The SMILES string of the molecule is FC(F)(F)Oc1ccc([C@H](c2cccc(OC(F)(F)F)c2)N2CCNCC2)cc1. The molecule has 0 radical (unpaired) electrons. The molecule has 1 heterocycles. The summed E-state index contributed by atoms with van der Waals surface area (Å²) in [5.41, 5.74) is 1.17. The van der Waals surface area contributed by atoms with E-state index in [0.29, 0.717) is 37.3 Å². The number of piperazine rings is 1. The first kappa shape index (κ1) is 21.3. The molecule has 0 spiro atoms. The molecule has 1 fully saturated rings. The highest BCUT2D eigenvalue weighted by Crippen LogP contribution is 2.34. The summed E-state index contributed by atoms with van der Waals surface area (Å²) in [6.07, 6.45) is -9.62. The Morgan fingerprint density at radius 1 is 0.759 bits per heavy atom. The van der Waals surface area contributed by atoms with Gasteiger partial charge in [0, 0.05) is 26.2 Å². The smallest absolute Gasteiger partial charge is 0.406 e. The average Bonchev–Trinajstić information content (AvgIpc) is 2.62. The lowest BCUT2D eigenvalue weighted by Gasteiger charge is -2.35. The molecule has 4 nitrogen and oxygen atoms in total. The van der Waals surface area contributed by atoms with Crippen LogP contribution in [0.25, 0.3) is 0 Å². The fourth-order valence-corrected chi connectivity index (χ4v) is 3.29. The van der Waals surface area contributed by atoms with Gasteiger partial charge in [0.25, 0.3) is 0 Å². The van der Waals surface area contributed by atoms with Gasteiger partial charge in [-0.15, -0.1) is 26.3 Å². The number of halogens is 6. The van der Waals surface area contributed by atoms with E-state index in [1.54, 1.807) is 6.07 Å². The van der Waals surface area contributed by atoms with Crippen LogP contribution >= 0.6 is 0 Å². The van der Waals surface area contributed by atoms with Gasteiger partial charge >= 0.3 is 12.7 Å². The van der Waals surface area contributed by atoms with E-state index in [4.69, 9.17) is 0 Å². The molecule has 2 aromatic rings. The van der Waals surface area contributed by atoms with Crippen LogP contribution in [0.15, 0.2) is 48.5 Å². The summed E-state index contributed by atoms with van der Waals surface area (Å²) in [6, 6.07) is 10.5. The molecule has 0 saturated carbocycles. The summed E-state index contributed by atoms with van der Waals surface area (Å²) in [7, 11) is 0. The van der Waals surface area contributed by atoms with Crippen molar-refractivity contribution in [1.82, 2.24) is 10.2 Å². The maximum atomic E-state index is 12.6. The molecule has 0 bridgehead atoms. The summed E-state index contributed by atoms with van der Waals surface area (Å²) < 4.78 is 82.8. The Labute approximate surface area is 163 Å². The minimum absolute atomic E-state index is 0.354. The monoisotopic (exact) mass is 420 g/mol. The zero-order valence-electron chi connectivity index (χ0n) is 15.1. The number of hydrogen-bond donors (Lipinski definition) is 1. The predicted octanol–water partition coefficient (Wildman–Crippen LogP) is 4.48. The second-order valence-corrected chi connectivity index (χ2v) is 6.43. The van der Waals surface area contributed by atoms with Crippen molar-refractivity contribution in [2.45, 2.75) is 18.8 Å². The van der Waals surface area contributed by atoms with Gasteiger partial charge in [-0.2, -0.15) is 0 Å². The van der Waals surface area contributed by atoms with Crippen LogP contribution in [0.5, 0.6) is 11.5 Å². The van der Waals surface area contributed by atoms with Crippen molar-refractivity contribution in [3.63, 3.8) is 0 Å². The summed E-state index contributed by atoms with van der Waals surface area (Å²) >= 11 is 0. The van der Waals surface area contributed by atoms with Crippen molar-refractivity contribution < 1.29 is 35.8 Å². The summed E-state index contributed by atoms with van der Waals surface area (Å²) in [4.78, 5) is 2.04. The van der Waals surface area contributed by atoms with Crippen LogP contribution < -0.4 is 14.8 Å². The number of benzene rings is 2. The van der Waals surface area contributed by atoms with Crippen LogP contribution in [0.4, 0.5) is 26.3 Å². The van der Waals surface area contributed by atoms with Crippen molar-refractivity contribution in [3.8, 4) is 11.5 Å². The first-order valence-electron chi connectivity index (χ1n) is 8.77. The van der Waals surface area contributed by atoms with Gasteiger partial charge in [-0.25, -0.2) is 0 Å². The number of rotatable bonds is 5. The lowest BCUT2D eigenvalue weighted by atomic mass is 9.96. The molecule has 1 N–H and O–H groups in total. The third-order valence-electron chi connectivity index (χ3n) is 4.35. The molecule has 1 atom stereocenters. The van der Waals surface area contributed by atoms with E-state index in [9.17, 15) is 26.3 Å². The molecule has 0 amide bonds. The number of alkyl halides is 6. The molecule has 3 rings (SSSR count). The van der Waals surface area contributed by atoms with Gasteiger partial charge in [-0.3, -0.25) is 4.90 Å². The predicted molar refractivity (Wildman–Crippen MR) is 92.5 cm³/mol. The summed E-state index contributed by atoms with van der Waals surface area (Å²) in [5, 5.41) is 3.19. The Morgan fingerprint density at radius 2 is 1.34 bits per heavy atom. The molecular formula is C19H18F6N2O2. The van der Waals surface area contributed by atoms with E-state index in [1.807, 2.05) is 4.90 Å². The lowest BCUT2D eigenvalue weighted by molar-refractivity contribution is -0.275. The van der Waals surface area contributed by atoms with Crippen LogP contribution in [-0.4, -0.2) is 43.8 Å². The fraction of sp³-hybridized carbons (Fsp3) is 0.368. The molecule has 2 aromatic carbocycles. The van der Waals surface area contributed by atoms with Crippen LogP contribution in [0, 0.1) is 0 Å². The van der Waals surface area contributed by atoms with Crippen LogP contribution in [0.1, 0.15) is 17.2 Å². The zero-order chi connectivity index (χ0) is 21.1. The van der Waals surface area contributed by atoms with Gasteiger partial charge in [0.1, 0.15) is 11.5 Å². The van der Waals surface area contributed by atoms with E-state index in [0.717, 1.165) is 0 Å². The maximum absolute atomic E-state index is 12.6. The van der Waals surface area contributed by atoms with E-state index in [1.165, 1.54) is 42.5 Å². The van der Waals surface area contributed by atoms with Gasteiger partial charge in [-0.1, -0.05) is 24.3 Å². The Morgan fingerprint density at radius 3 is 1.93 bits per heavy atom. The zero-order valence-corrected chi connectivity index (χ0v) is 15.1. The molecular weight excluding hydrogens is 402 g/mol. The van der Waals surface area contributed by atoms with Gasteiger partial charge in [0.05, 0.1) is 6.04 Å². The van der Waals surface area contributed by atoms with E-state index >= 15 is 0 Å². The standard InChI is InChI=1S/C19H18F6N2O2/c20-18(21,22)28-15-6-4-13(5-7-15)17(27-10-8-26-9-11-27)14-2-1-3-16(12-14)29-19(23,24)25/h1-7,12,17,26H,8-11H2/t17-/m1/s1. The topological polar surface area (TPSA) is 33.7 Å². The average molecular weight is 420 g/mol. The highest BCUT2D eigenvalue weighted by atomic mass is 19.4. The van der Waals surface area contributed by atoms with Crippen molar-refractivity contribution >= 4 is 0 Å². The normalized spacial score (nSPS) is 17.0. The Kier molecular flexibility index (Phi) is 6.23. The second-order valence-electron chi connectivity index (χ2n) is 6.43. The summed E-state index contributed by atoms with van der Waals surface area (Å²) in [5.74, 6) is -0.721. The Balaban J connectivity index is 1.92. The van der Waals surface area contributed by atoms with E-state index in [2.05, 4.69) is 14.8 Å². The minimum atomic E-state index is -4.82. The van der Waals surface area contributed by atoms with Crippen molar-refractivity contribution in [2.24, 2.45) is 0 Å². The number of nitrogens with one attached hydrogen (secondary N) is 1. The van der Waals surface area contributed by atoms with E-state index in [-0.39, 0.29) is 11.5 Å². The first-order valence-corrected chi connectivity index (χ1v) is 8.77. The number of nitrogens with zero attached hydrogens (tertiary/aromatic N) is 1. The largest absolute Gasteiger partial charge is 0.573 e. The minimum Gasteiger partial charge on any atom is -0.406 e. The van der Waals surface area contributed by atoms with Gasteiger partial charge < -0.3 is 14.8 Å². The number of ether oxygens (including phenoxy) is 2. The molecule has 10 heteroatoms. The molecule has 1 saturated heterocycles. The molecule has 158 valence electrons. The van der Waals surface area contributed by atoms with Gasteiger partial charge in [0.2, 0.25) is 0 Å². The van der Waals surface area contributed by atoms with Crippen molar-refractivity contribution in [3.05, 3.63) is 59.7 Å². The molecule has 1 aliphatic rings. The molecule has 0 aromatic heterocycles. The lowest BCUT2D eigenvalue weighted by Crippen LogP contribution is -2.45. The van der Waals surface area contributed by atoms with E-state index < -0.39 is 18.8 Å². The van der Waals surface area contributed by atoms with Crippen LogP contribution in [0.3, 0.4) is 0 Å². The van der Waals surface area contributed by atoms with Gasteiger partial charge in [0.15, 0.2) is 0 Å². The van der Waals surface area contributed by atoms with Crippen molar-refractivity contribution in [2.75, 3.05) is 26.2 Å². The van der Waals surface area contributed by atoms with Crippen LogP contribution in [0.2, 0.25) is 0 Å². The highest BCUT2D eigenvalue weighted by Gasteiger charge is 2.33. The van der Waals surface area contributed by atoms with Gasteiger partial charge in [-0.05, 0) is 35.4 Å². The number of hydrogen-bond acceptors (Lipinski definition) is 4. The maximum Gasteiger partial charge on any atom is 0.573 e. The van der Waals surface area contributed by atoms with Crippen LogP contribution in [-0.2, 0) is 0 Å². The van der Waals surface area contributed by atoms with Crippen molar-refractivity contribution in [1.29, 1.82) is 0 Å². The fourth-order valence-electron chi connectivity index (χ4n) is 3.29. The first-order chi connectivity index (χ1) is 13.6. The molecule has 0 unspecified atom stereocenters. The third-order valence-corrected chi connectivity index (χ3v) is 4.35. The molecule has 0 aliphatic carbocycles. The third kappa shape index (κ3) is 6.26. The quantitative estimate of drug-likeness (QED) is 0.724. The Bertz CT molecular complexity index is 802. The Hall–Kier alpha value is -2.46. The second kappa shape index (κ2) is 8.50. The molecule has 29 heavy (non-hydrogen) atoms. The highest BCUT2D eigenvalue weighted by molar-refractivity contribution is 5.39. The summed E-state index contributed by atoms with van der Waals surface area (Å²) in [6.45, 7) is 2.61.